The third kappa shape index (κ3) is 1.44. The lowest BCUT2D eigenvalue weighted by Crippen LogP contribution is -2.03. The molecule has 0 amide bonds. The molecule has 0 nitrogen and oxygen atoms in total. The van der Waals surface area contributed by atoms with Crippen molar-refractivity contribution in [3.63, 3.8) is 0 Å². The van der Waals surface area contributed by atoms with Crippen molar-refractivity contribution in [2.24, 2.45) is 5.41 Å². The van der Waals surface area contributed by atoms with Crippen LogP contribution >= 0.6 is 0 Å². The summed E-state index contributed by atoms with van der Waals surface area (Å²) in [6, 6.07) is 0. The lowest BCUT2D eigenvalue weighted by atomic mass is 9.90. The van der Waals surface area contributed by atoms with E-state index in [4.69, 9.17) is 0 Å². The third-order valence-electron chi connectivity index (χ3n) is 1.86. The minimum absolute atomic E-state index is 0.503. The molecule has 0 bridgehead atoms. The highest BCUT2D eigenvalue weighted by atomic mass is 14.3. The lowest BCUT2D eigenvalue weighted by Gasteiger charge is -2.15. The molecule has 0 radical (unpaired) electrons. The molecule has 50 valence electrons. The summed E-state index contributed by atoms with van der Waals surface area (Å²) in [7, 11) is 0. The highest BCUT2D eigenvalue weighted by molar-refractivity contribution is 5.22. The van der Waals surface area contributed by atoms with Gasteiger partial charge in [0.15, 0.2) is 0 Å². The Bertz CT molecular complexity index is 149. The van der Waals surface area contributed by atoms with Gasteiger partial charge in [0, 0.05) is 0 Å². The summed E-state index contributed by atoms with van der Waals surface area (Å²) in [4.78, 5) is 0. The van der Waals surface area contributed by atoms with Crippen molar-refractivity contribution in [3.05, 3.63) is 24.3 Å². The molecule has 0 saturated heterocycles. The van der Waals surface area contributed by atoms with Gasteiger partial charge in [0.05, 0.1) is 0 Å². The molecule has 0 heteroatoms. The fourth-order valence-electron chi connectivity index (χ4n) is 1.26. The van der Waals surface area contributed by atoms with Crippen molar-refractivity contribution in [2.75, 3.05) is 0 Å². The summed E-state index contributed by atoms with van der Waals surface area (Å²) in [6.45, 7) is 8.32. The highest BCUT2D eigenvalue weighted by Gasteiger charge is 2.22. The van der Waals surface area contributed by atoms with Crippen LogP contribution < -0.4 is 0 Å². The standard InChI is InChI=1S/C9H14/c1-4-8-5-6-9(2,3)7-8/h4-5H,1,6-7H2,2-3H3. The maximum absolute atomic E-state index is 3.74. The molecule has 0 aromatic rings. The van der Waals surface area contributed by atoms with Crippen LogP contribution in [0.5, 0.6) is 0 Å². The zero-order chi connectivity index (χ0) is 6.91. The van der Waals surface area contributed by atoms with Crippen LogP contribution in [0.3, 0.4) is 0 Å². The summed E-state index contributed by atoms with van der Waals surface area (Å²) >= 11 is 0. The van der Waals surface area contributed by atoms with Crippen LogP contribution in [0.4, 0.5) is 0 Å². The van der Waals surface area contributed by atoms with E-state index < -0.39 is 0 Å². The van der Waals surface area contributed by atoms with Crippen molar-refractivity contribution >= 4 is 0 Å². The molecule has 0 spiro atoms. The second-order valence-corrected chi connectivity index (χ2v) is 3.53. The molecule has 9 heavy (non-hydrogen) atoms. The van der Waals surface area contributed by atoms with Crippen LogP contribution in [-0.2, 0) is 0 Å². The van der Waals surface area contributed by atoms with Gasteiger partial charge in [-0.1, -0.05) is 38.2 Å². The van der Waals surface area contributed by atoms with Crippen molar-refractivity contribution in [2.45, 2.75) is 26.7 Å². The van der Waals surface area contributed by atoms with E-state index in [9.17, 15) is 0 Å². The molecule has 0 N–H and O–H groups in total. The van der Waals surface area contributed by atoms with E-state index in [1.54, 1.807) is 0 Å². The Morgan fingerprint density at radius 3 is 2.56 bits per heavy atom. The minimum Gasteiger partial charge on any atom is -0.0988 e. The predicted molar refractivity (Wildman–Crippen MR) is 41.3 cm³/mol. The quantitative estimate of drug-likeness (QED) is 0.501. The second-order valence-electron chi connectivity index (χ2n) is 3.53. The van der Waals surface area contributed by atoms with Crippen LogP contribution in [0, 0.1) is 5.41 Å². The Kier molecular flexibility index (Phi) is 1.48. The molecule has 0 aromatic heterocycles. The maximum atomic E-state index is 3.74. The van der Waals surface area contributed by atoms with Crippen molar-refractivity contribution in [3.8, 4) is 0 Å². The van der Waals surface area contributed by atoms with E-state index in [-0.39, 0.29) is 0 Å². The van der Waals surface area contributed by atoms with Gasteiger partial charge in [0.25, 0.3) is 0 Å². The fraction of sp³-hybridized carbons (Fsp3) is 0.556. The number of rotatable bonds is 1. The smallest absolute Gasteiger partial charge is 0.0228 e. The van der Waals surface area contributed by atoms with E-state index >= 15 is 0 Å². The van der Waals surface area contributed by atoms with Gasteiger partial charge in [-0.05, 0) is 18.3 Å². The first kappa shape index (κ1) is 6.60. The van der Waals surface area contributed by atoms with Crippen LogP contribution in [0.15, 0.2) is 24.3 Å². The van der Waals surface area contributed by atoms with Crippen molar-refractivity contribution in [1.82, 2.24) is 0 Å². The third-order valence-corrected chi connectivity index (χ3v) is 1.86. The molecule has 0 fully saturated rings. The average molecular weight is 122 g/mol. The van der Waals surface area contributed by atoms with E-state index in [1.165, 1.54) is 18.4 Å². The lowest BCUT2D eigenvalue weighted by molar-refractivity contribution is 0.396. The summed E-state index contributed by atoms with van der Waals surface area (Å²) in [5.74, 6) is 0. The van der Waals surface area contributed by atoms with Gasteiger partial charge in [-0.3, -0.25) is 0 Å². The van der Waals surface area contributed by atoms with Crippen LogP contribution in [0.1, 0.15) is 26.7 Å². The first-order valence-corrected chi connectivity index (χ1v) is 3.45. The average Bonchev–Trinajstić information content (AvgIpc) is 2.10. The molecule has 0 aromatic carbocycles. The fourth-order valence-corrected chi connectivity index (χ4v) is 1.26. The first-order chi connectivity index (χ1) is 4.14. The van der Waals surface area contributed by atoms with Gasteiger partial charge < -0.3 is 0 Å². The number of hydrogen-bond acceptors (Lipinski definition) is 0. The largest absolute Gasteiger partial charge is 0.0988 e. The van der Waals surface area contributed by atoms with Gasteiger partial charge in [0.2, 0.25) is 0 Å². The summed E-state index contributed by atoms with van der Waals surface area (Å²) in [6.07, 6.45) is 6.67. The Hall–Kier alpha value is -0.520. The Balaban J connectivity index is 2.59. The molecule has 0 unspecified atom stereocenters. The Morgan fingerprint density at radius 1 is 1.67 bits per heavy atom. The topological polar surface area (TPSA) is 0 Å². The Morgan fingerprint density at radius 2 is 2.33 bits per heavy atom. The number of hydrogen-bond donors (Lipinski definition) is 0. The zero-order valence-corrected chi connectivity index (χ0v) is 6.28. The van der Waals surface area contributed by atoms with Gasteiger partial charge in [0.1, 0.15) is 0 Å². The van der Waals surface area contributed by atoms with Gasteiger partial charge in [-0.15, -0.1) is 0 Å². The minimum atomic E-state index is 0.503. The second kappa shape index (κ2) is 2.02. The van der Waals surface area contributed by atoms with Crippen molar-refractivity contribution in [1.29, 1.82) is 0 Å². The normalized spacial score (nSPS) is 23.6. The molecular formula is C9H14. The van der Waals surface area contributed by atoms with Crippen LogP contribution in [0.25, 0.3) is 0 Å². The summed E-state index contributed by atoms with van der Waals surface area (Å²) in [5, 5.41) is 0. The SMILES string of the molecule is C=CC1=CCC(C)(C)C1. The highest BCUT2D eigenvalue weighted by Crippen LogP contribution is 2.36. The molecular weight excluding hydrogens is 108 g/mol. The summed E-state index contributed by atoms with van der Waals surface area (Å²) < 4.78 is 0. The molecule has 0 heterocycles. The van der Waals surface area contributed by atoms with E-state index in [0.717, 1.165) is 0 Å². The zero-order valence-electron chi connectivity index (χ0n) is 6.28. The van der Waals surface area contributed by atoms with Gasteiger partial charge in [-0.2, -0.15) is 0 Å². The van der Waals surface area contributed by atoms with E-state index in [2.05, 4.69) is 26.5 Å². The molecule has 0 atom stereocenters. The molecule has 0 saturated carbocycles. The first-order valence-electron chi connectivity index (χ1n) is 3.45. The van der Waals surface area contributed by atoms with Crippen LogP contribution in [0.2, 0.25) is 0 Å². The molecule has 1 aliphatic rings. The van der Waals surface area contributed by atoms with E-state index in [1.807, 2.05) is 6.08 Å². The maximum Gasteiger partial charge on any atom is -0.0228 e. The van der Waals surface area contributed by atoms with Crippen LogP contribution in [-0.4, -0.2) is 0 Å². The number of allylic oxidation sites excluding steroid dienone is 3. The van der Waals surface area contributed by atoms with Gasteiger partial charge >= 0.3 is 0 Å². The molecule has 1 aliphatic carbocycles. The van der Waals surface area contributed by atoms with Gasteiger partial charge in [-0.25, -0.2) is 0 Å². The van der Waals surface area contributed by atoms with Crippen molar-refractivity contribution < 1.29 is 0 Å². The Labute approximate surface area is 57.3 Å². The monoisotopic (exact) mass is 122 g/mol. The molecule has 0 aliphatic heterocycles. The predicted octanol–water partition coefficient (Wildman–Crippen LogP) is 2.92. The summed E-state index contributed by atoms with van der Waals surface area (Å²) in [5.41, 5.74) is 1.92. The molecule has 1 rings (SSSR count). The van der Waals surface area contributed by atoms with E-state index in [0.29, 0.717) is 5.41 Å².